The number of nitrogens with zero attached hydrogens (tertiary/aromatic N) is 3. The molecule has 0 atom stereocenters. The first kappa shape index (κ1) is 20.9. The van der Waals surface area contributed by atoms with Crippen molar-refractivity contribution >= 4 is 12.1 Å². The maximum atomic E-state index is 13.0. The molecule has 0 fully saturated rings. The SMILES string of the molecule is COc1ccc(-c2cc(C(=O)N/N=C/c3cccc(OC)c3)n(-c3ccccc3)n2)cc1. The largest absolute Gasteiger partial charge is 0.497 e. The molecule has 0 aliphatic rings. The number of ether oxygens (including phenoxy) is 2. The van der Waals surface area contributed by atoms with Gasteiger partial charge >= 0.3 is 0 Å². The summed E-state index contributed by atoms with van der Waals surface area (Å²) < 4.78 is 12.0. The van der Waals surface area contributed by atoms with E-state index in [0.717, 1.165) is 22.6 Å². The van der Waals surface area contributed by atoms with Crippen LogP contribution in [0.15, 0.2) is 90.0 Å². The predicted octanol–water partition coefficient (Wildman–Crippen LogP) is 4.32. The molecule has 7 nitrogen and oxygen atoms in total. The zero-order valence-electron chi connectivity index (χ0n) is 17.7. The van der Waals surface area contributed by atoms with Crippen molar-refractivity contribution in [3.05, 3.63) is 96.2 Å². The van der Waals surface area contributed by atoms with E-state index in [1.165, 1.54) is 0 Å². The van der Waals surface area contributed by atoms with Gasteiger partial charge in [-0.05, 0) is 60.2 Å². The lowest BCUT2D eigenvalue weighted by atomic mass is 10.1. The van der Waals surface area contributed by atoms with Gasteiger partial charge in [-0.2, -0.15) is 10.2 Å². The highest BCUT2D eigenvalue weighted by atomic mass is 16.5. The van der Waals surface area contributed by atoms with Gasteiger partial charge in [0.2, 0.25) is 0 Å². The lowest BCUT2D eigenvalue weighted by Gasteiger charge is -2.06. The standard InChI is InChI=1S/C25H22N4O3/c1-31-21-13-11-19(12-14-21)23-16-24(29(28-23)20-8-4-3-5-9-20)25(30)27-26-17-18-7-6-10-22(15-18)32-2/h3-17H,1-2H3,(H,27,30)/b26-17+. The molecule has 4 aromatic rings. The molecule has 1 heterocycles. The minimum atomic E-state index is -0.375. The van der Waals surface area contributed by atoms with E-state index in [4.69, 9.17) is 9.47 Å². The van der Waals surface area contributed by atoms with Crippen LogP contribution in [-0.4, -0.2) is 36.1 Å². The Labute approximate surface area is 185 Å². The van der Waals surface area contributed by atoms with Gasteiger partial charge in [0, 0.05) is 5.56 Å². The van der Waals surface area contributed by atoms with E-state index < -0.39 is 0 Å². The molecular formula is C25H22N4O3. The minimum Gasteiger partial charge on any atom is -0.497 e. The van der Waals surface area contributed by atoms with Gasteiger partial charge in [0.05, 0.1) is 31.8 Å². The number of carbonyl (C=O) groups is 1. The summed E-state index contributed by atoms with van der Waals surface area (Å²) in [6.45, 7) is 0. The van der Waals surface area contributed by atoms with E-state index in [1.54, 1.807) is 31.2 Å². The van der Waals surface area contributed by atoms with Gasteiger partial charge in [0.15, 0.2) is 0 Å². The number of methoxy groups -OCH3 is 2. The molecule has 1 N–H and O–H groups in total. The summed E-state index contributed by atoms with van der Waals surface area (Å²) >= 11 is 0. The quantitative estimate of drug-likeness (QED) is 0.353. The zero-order chi connectivity index (χ0) is 22.3. The second-order valence-electron chi connectivity index (χ2n) is 6.87. The van der Waals surface area contributed by atoms with Gasteiger partial charge in [-0.15, -0.1) is 0 Å². The number of aromatic nitrogens is 2. The molecule has 7 heteroatoms. The number of para-hydroxylation sites is 1. The number of hydrogen-bond donors (Lipinski definition) is 1. The van der Waals surface area contributed by atoms with E-state index in [-0.39, 0.29) is 5.91 Å². The van der Waals surface area contributed by atoms with Crippen LogP contribution < -0.4 is 14.9 Å². The molecule has 32 heavy (non-hydrogen) atoms. The molecule has 0 radical (unpaired) electrons. The van der Waals surface area contributed by atoms with Crippen LogP contribution in [0.2, 0.25) is 0 Å². The number of rotatable bonds is 7. The topological polar surface area (TPSA) is 77.7 Å². The Kier molecular flexibility index (Phi) is 6.27. The second kappa shape index (κ2) is 9.61. The van der Waals surface area contributed by atoms with Crippen molar-refractivity contribution in [2.45, 2.75) is 0 Å². The summed E-state index contributed by atoms with van der Waals surface area (Å²) in [6, 6.07) is 26.1. The molecule has 3 aromatic carbocycles. The Balaban J connectivity index is 1.62. The van der Waals surface area contributed by atoms with Gasteiger partial charge in [-0.25, -0.2) is 10.1 Å². The summed E-state index contributed by atoms with van der Waals surface area (Å²) in [6.07, 6.45) is 1.56. The Hall–Kier alpha value is -4.39. The average Bonchev–Trinajstić information content (AvgIpc) is 3.30. The number of carbonyl (C=O) groups excluding carboxylic acids is 1. The first-order valence-electron chi connectivity index (χ1n) is 9.95. The van der Waals surface area contributed by atoms with Crippen molar-refractivity contribution in [1.29, 1.82) is 0 Å². The van der Waals surface area contributed by atoms with Gasteiger partial charge in [-0.3, -0.25) is 4.79 Å². The number of hydrogen-bond acceptors (Lipinski definition) is 5. The lowest BCUT2D eigenvalue weighted by molar-refractivity contribution is 0.0947. The Morgan fingerprint density at radius 1 is 0.906 bits per heavy atom. The molecule has 0 aliphatic carbocycles. The van der Waals surface area contributed by atoms with Crippen molar-refractivity contribution in [2.75, 3.05) is 14.2 Å². The van der Waals surface area contributed by atoms with Crippen LogP contribution in [0.25, 0.3) is 16.9 Å². The van der Waals surface area contributed by atoms with Gasteiger partial charge in [-0.1, -0.05) is 30.3 Å². The first-order chi connectivity index (χ1) is 15.7. The summed E-state index contributed by atoms with van der Waals surface area (Å²) in [5, 5.41) is 8.76. The molecule has 1 aromatic heterocycles. The summed E-state index contributed by atoms with van der Waals surface area (Å²) in [7, 11) is 3.22. The van der Waals surface area contributed by atoms with E-state index in [2.05, 4.69) is 15.6 Å². The van der Waals surface area contributed by atoms with E-state index in [1.807, 2.05) is 78.9 Å². The van der Waals surface area contributed by atoms with Gasteiger partial charge in [0.1, 0.15) is 17.2 Å². The highest BCUT2D eigenvalue weighted by molar-refractivity contribution is 5.95. The van der Waals surface area contributed by atoms with Crippen molar-refractivity contribution in [2.24, 2.45) is 5.10 Å². The van der Waals surface area contributed by atoms with Crippen LogP contribution in [0.1, 0.15) is 16.1 Å². The van der Waals surface area contributed by atoms with Crippen molar-refractivity contribution in [3.8, 4) is 28.4 Å². The highest BCUT2D eigenvalue weighted by Crippen LogP contribution is 2.24. The molecule has 160 valence electrons. The summed E-state index contributed by atoms with van der Waals surface area (Å²) in [5.74, 6) is 1.09. The Morgan fingerprint density at radius 2 is 1.66 bits per heavy atom. The fourth-order valence-corrected chi connectivity index (χ4v) is 3.16. The molecule has 0 aliphatic heterocycles. The fourth-order valence-electron chi connectivity index (χ4n) is 3.16. The Morgan fingerprint density at radius 3 is 2.38 bits per heavy atom. The van der Waals surface area contributed by atoms with Crippen LogP contribution in [-0.2, 0) is 0 Å². The van der Waals surface area contributed by atoms with E-state index >= 15 is 0 Å². The van der Waals surface area contributed by atoms with Crippen LogP contribution >= 0.6 is 0 Å². The van der Waals surface area contributed by atoms with Crippen molar-refractivity contribution < 1.29 is 14.3 Å². The molecule has 0 saturated carbocycles. The average molecular weight is 426 g/mol. The number of nitrogens with one attached hydrogen (secondary N) is 1. The highest BCUT2D eigenvalue weighted by Gasteiger charge is 2.17. The lowest BCUT2D eigenvalue weighted by Crippen LogP contribution is -2.21. The maximum Gasteiger partial charge on any atom is 0.290 e. The number of hydrazone groups is 1. The molecule has 0 spiro atoms. The molecular weight excluding hydrogens is 404 g/mol. The predicted molar refractivity (Wildman–Crippen MR) is 124 cm³/mol. The van der Waals surface area contributed by atoms with E-state index in [9.17, 15) is 4.79 Å². The van der Waals surface area contributed by atoms with Gasteiger partial charge in [0.25, 0.3) is 5.91 Å². The third kappa shape index (κ3) is 4.67. The number of benzene rings is 3. The molecule has 0 unspecified atom stereocenters. The van der Waals surface area contributed by atoms with E-state index in [0.29, 0.717) is 17.1 Å². The third-order valence-corrected chi connectivity index (χ3v) is 4.80. The Bertz CT molecular complexity index is 1230. The summed E-state index contributed by atoms with van der Waals surface area (Å²) in [5.41, 5.74) is 6.07. The maximum absolute atomic E-state index is 13.0. The summed E-state index contributed by atoms with van der Waals surface area (Å²) in [4.78, 5) is 13.0. The van der Waals surface area contributed by atoms with Crippen molar-refractivity contribution in [3.63, 3.8) is 0 Å². The van der Waals surface area contributed by atoms with Crippen LogP contribution in [0, 0.1) is 0 Å². The molecule has 1 amide bonds. The zero-order valence-corrected chi connectivity index (χ0v) is 17.7. The van der Waals surface area contributed by atoms with Gasteiger partial charge < -0.3 is 9.47 Å². The molecule has 0 bridgehead atoms. The van der Waals surface area contributed by atoms with Crippen molar-refractivity contribution in [1.82, 2.24) is 15.2 Å². The van der Waals surface area contributed by atoms with Crippen LogP contribution in [0.4, 0.5) is 0 Å². The first-order valence-corrected chi connectivity index (χ1v) is 9.95. The molecule has 0 saturated heterocycles. The van der Waals surface area contributed by atoms with Crippen LogP contribution in [0.3, 0.4) is 0 Å². The number of amides is 1. The molecule has 4 rings (SSSR count). The second-order valence-corrected chi connectivity index (χ2v) is 6.87. The minimum absolute atomic E-state index is 0.366. The fraction of sp³-hybridized carbons (Fsp3) is 0.0800. The monoisotopic (exact) mass is 426 g/mol. The normalized spacial score (nSPS) is 10.8. The van der Waals surface area contributed by atoms with Crippen LogP contribution in [0.5, 0.6) is 11.5 Å². The smallest absolute Gasteiger partial charge is 0.290 e. The third-order valence-electron chi connectivity index (χ3n) is 4.80.